The molecule has 2 rings (SSSR count). The Morgan fingerprint density at radius 3 is 2.32 bits per heavy atom. The van der Waals surface area contributed by atoms with Crippen LogP contribution in [0.15, 0.2) is 29.2 Å². The number of H-pyrrole nitrogens is 1. The highest BCUT2D eigenvalue weighted by Gasteiger charge is 2.26. The lowest BCUT2D eigenvalue weighted by Gasteiger charge is -2.04. The first kappa shape index (κ1) is 17.9. The van der Waals surface area contributed by atoms with Crippen LogP contribution in [0.3, 0.4) is 0 Å². The molecule has 22 heavy (non-hydrogen) atoms. The minimum absolute atomic E-state index is 0.0972. The number of carbonyl (C=O) groups is 2. The van der Waals surface area contributed by atoms with E-state index in [0.717, 1.165) is 0 Å². The quantitative estimate of drug-likeness (QED) is 0.876. The van der Waals surface area contributed by atoms with Crippen LogP contribution in [0.5, 0.6) is 0 Å². The highest BCUT2D eigenvalue weighted by molar-refractivity contribution is 7.91. The van der Waals surface area contributed by atoms with Crippen molar-refractivity contribution in [2.24, 2.45) is 5.73 Å². The molecular formula is C15H20N2O4S. The lowest BCUT2D eigenvalue weighted by atomic mass is 10.2. The Kier molecular flexibility index (Phi) is 5.87. The molecule has 0 aliphatic rings. The van der Waals surface area contributed by atoms with Crippen molar-refractivity contribution in [2.45, 2.75) is 32.1 Å². The van der Waals surface area contributed by atoms with Gasteiger partial charge in [0.2, 0.25) is 0 Å². The van der Waals surface area contributed by atoms with Gasteiger partial charge in [-0.2, -0.15) is 0 Å². The van der Waals surface area contributed by atoms with Crippen LogP contribution in [-0.4, -0.2) is 30.8 Å². The van der Waals surface area contributed by atoms with Crippen LogP contribution in [0.25, 0.3) is 10.9 Å². The Labute approximate surface area is 129 Å². The smallest absolute Gasteiger partial charge is 0.266 e. The first-order valence-electron chi connectivity index (χ1n) is 6.95. The lowest BCUT2D eigenvalue weighted by molar-refractivity contribution is -0.116. The molecule has 0 fully saturated rings. The number of rotatable bonds is 5. The molecule has 1 amide bonds. The molecule has 1 aromatic heterocycles. The normalized spacial score (nSPS) is 10.9. The highest BCUT2D eigenvalue weighted by Crippen LogP contribution is 2.28. The zero-order valence-corrected chi connectivity index (χ0v) is 13.7. The van der Waals surface area contributed by atoms with Gasteiger partial charge < -0.3 is 10.7 Å². The Bertz CT molecular complexity index is 791. The van der Waals surface area contributed by atoms with E-state index in [9.17, 15) is 18.0 Å². The number of nitrogens with one attached hydrogen (secondary N) is 1. The third kappa shape index (κ3) is 3.73. The summed E-state index contributed by atoms with van der Waals surface area (Å²) in [5, 5.41) is 0.407. The van der Waals surface area contributed by atoms with Crippen molar-refractivity contribution >= 4 is 32.4 Å². The molecule has 2 aromatic rings. The summed E-state index contributed by atoms with van der Waals surface area (Å²) in [7, 11) is -3.77. The summed E-state index contributed by atoms with van der Waals surface area (Å²) in [6, 6.07) is 6.64. The molecule has 0 aliphatic carbocycles. The molecule has 120 valence electrons. The van der Waals surface area contributed by atoms with E-state index in [2.05, 4.69) is 4.98 Å². The first-order chi connectivity index (χ1) is 10.3. The molecule has 0 spiro atoms. The van der Waals surface area contributed by atoms with Gasteiger partial charge in [-0.05, 0) is 13.0 Å². The standard InChI is InChI=1S/C13H14N2O4S.C2H6/c1-8(16)6-7-20(18,19)12-9-4-2-3-5-10(9)15-11(12)13(14)17;1-2/h2-5,15H,6-7H2,1H3,(H2,14,17);1-2H3. The van der Waals surface area contributed by atoms with Crippen LogP contribution >= 0.6 is 0 Å². The zero-order chi connectivity index (χ0) is 16.9. The van der Waals surface area contributed by atoms with Gasteiger partial charge in [0.15, 0.2) is 9.84 Å². The van der Waals surface area contributed by atoms with Gasteiger partial charge in [0, 0.05) is 17.3 Å². The maximum atomic E-state index is 12.4. The Morgan fingerprint density at radius 1 is 1.18 bits per heavy atom. The van der Waals surface area contributed by atoms with Gasteiger partial charge in [-0.3, -0.25) is 9.59 Å². The molecule has 6 nitrogen and oxygen atoms in total. The van der Waals surface area contributed by atoms with Crippen molar-refractivity contribution in [3.05, 3.63) is 30.0 Å². The predicted octanol–water partition coefficient (Wildman–Crippen LogP) is 2.05. The minimum Gasteiger partial charge on any atom is -0.364 e. The molecule has 0 atom stereocenters. The van der Waals surface area contributed by atoms with E-state index >= 15 is 0 Å². The molecular weight excluding hydrogens is 304 g/mol. The zero-order valence-electron chi connectivity index (χ0n) is 12.8. The number of fused-ring (bicyclic) bond motifs is 1. The average Bonchev–Trinajstić information content (AvgIpc) is 2.88. The van der Waals surface area contributed by atoms with E-state index in [1.807, 2.05) is 13.8 Å². The van der Waals surface area contributed by atoms with Gasteiger partial charge in [-0.25, -0.2) is 8.42 Å². The molecule has 0 unspecified atom stereocenters. The number of para-hydroxylation sites is 1. The summed E-state index contributed by atoms with van der Waals surface area (Å²) < 4.78 is 24.7. The monoisotopic (exact) mass is 324 g/mol. The van der Waals surface area contributed by atoms with E-state index in [4.69, 9.17) is 5.73 Å². The second kappa shape index (κ2) is 7.22. The fraction of sp³-hybridized carbons (Fsp3) is 0.333. The summed E-state index contributed by atoms with van der Waals surface area (Å²) in [5.41, 5.74) is 5.60. The second-order valence-corrected chi connectivity index (χ2v) is 6.56. The molecule has 1 heterocycles. The van der Waals surface area contributed by atoms with Gasteiger partial charge in [-0.1, -0.05) is 32.0 Å². The Balaban J connectivity index is 0.00000116. The fourth-order valence-corrected chi connectivity index (χ4v) is 3.73. The number of primary amides is 1. The Hall–Kier alpha value is -2.15. The van der Waals surface area contributed by atoms with Gasteiger partial charge in [-0.15, -0.1) is 0 Å². The first-order valence-corrected chi connectivity index (χ1v) is 8.61. The van der Waals surface area contributed by atoms with Crippen molar-refractivity contribution in [3.8, 4) is 0 Å². The predicted molar refractivity (Wildman–Crippen MR) is 85.5 cm³/mol. The third-order valence-corrected chi connectivity index (χ3v) is 4.73. The van der Waals surface area contributed by atoms with Crippen molar-refractivity contribution in [2.75, 3.05) is 5.75 Å². The SMILES string of the molecule is CC.CC(=O)CCS(=O)(=O)c1c(C(N)=O)[nH]c2ccccc12. The molecule has 0 bridgehead atoms. The van der Waals surface area contributed by atoms with Gasteiger partial charge in [0.1, 0.15) is 16.4 Å². The number of aromatic amines is 1. The summed E-state index contributed by atoms with van der Waals surface area (Å²) in [6.45, 7) is 5.32. The van der Waals surface area contributed by atoms with Crippen LogP contribution in [0.4, 0.5) is 0 Å². The maximum Gasteiger partial charge on any atom is 0.266 e. The van der Waals surface area contributed by atoms with Gasteiger partial charge >= 0.3 is 0 Å². The van der Waals surface area contributed by atoms with Crippen LogP contribution in [0, 0.1) is 0 Å². The maximum absolute atomic E-state index is 12.4. The van der Waals surface area contributed by atoms with E-state index in [-0.39, 0.29) is 28.5 Å². The van der Waals surface area contributed by atoms with E-state index in [1.165, 1.54) is 6.92 Å². The van der Waals surface area contributed by atoms with Crippen LogP contribution in [0.2, 0.25) is 0 Å². The molecule has 3 N–H and O–H groups in total. The van der Waals surface area contributed by atoms with Crippen molar-refractivity contribution < 1.29 is 18.0 Å². The number of sulfone groups is 1. The van der Waals surface area contributed by atoms with Gasteiger partial charge in [0.25, 0.3) is 5.91 Å². The molecule has 0 saturated carbocycles. The van der Waals surface area contributed by atoms with E-state index < -0.39 is 15.7 Å². The minimum atomic E-state index is -3.77. The number of amides is 1. The molecule has 0 aliphatic heterocycles. The second-order valence-electron chi connectivity index (χ2n) is 4.51. The number of carbonyl (C=O) groups excluding carboxylic acids is 2. The van der Waals surface area contributed by atoms with Crippen molar-refractivity contribution in [1.82, 2.24) is 4.98 Å². The molecule has 1 aromatic carbocycles. The molecule has 7 heteroatoms. The average molecular weight is 324 g/mol. The van der Waals surface area contributed by atoms with Crippen LogP contribution in [0.1, 0.15) is 37.7 Å². The van der Waals surface area contributed by atoms with Crippen LogP contribution < -0.4 is 5.73 Å². The summed E-state index contributed by atoms with van der Waals surface area (Å²) in [6.07, 6.45) is -0.0972. The fourth-order valence-electron chi connectivity index (χ4n) is 1.99. The summed E-state index contributed by atoms with van der Waals surface area (Å²) >= 11 is 0. The van der Waals surface area contributed by atoms with Gasteiger partial charge in [0.05, 0.1) is 5.75 Å². The lowest BCUT2D eigenvalue weighted by Crippen LogP contribution is -2.18. The van der Waals surface area contributed by atoms with Crippen LogP contribution in [-0.2, 0) is 14.6 Å². The summed E-state index contributed by atoms with van der Waals surface area (Å²) in [4.78, 5) is 25.0. The largest absolute Gasteiger partial charge is 0.364 e. The summed E-state index contributed by atoms with van der Waals surface area (Å²) in [5.74, 6) is -1.42. The third-order valence-electron chi connectivity index (χ3n) is 2.94. The molecule has 0 radical (unpaired) electrons. The van der Waals surface area contributed by atoms with E-state index in [1.54, 1.807) is 24.3 Å². The number of hydrogen-bond acceptors (Lipinski definition) is 4. The number of Topliss-reactive ketones (excluding diaryl/α,β-unsaturated/α-hetero) is 1. The number of nitrogens with two attached hydrogens (primary N) is 1. The number of aromatic nitrogens is 1. The topological polar surface area (TPSA) is 110 Å². The van der Waals surface area contributed by atoms with Crippen molar-refractivity contribution in [1.29, 1.82) is 0 Å². The van der Waals surface area contributed by atoms with E-state index in [0.29, 0.717) is 10.9 Å². The Morgan fingerprint density at radius 2 is 1.77 bits per heavy atom. The highest BCUT2D eigenvalue weighted by atomic mass is 32.2. The van der Waals surface area contributed by atoms with Crippen molar-refractivity contribution in [3.63, 3.8) is 0 Å². The number of benzene rings is 1. The molecule has 0 saturated heterocycles. The number of hydrogen-bond donors (Lipinski definition) is 2. The number of ketones is 1.